The average molecular weight is 385 g/mol. The highest BCUT2D eigenvalue weighted by Crippen LogP contribution is 2.32. The molecule has 3 aromatic rings. The maximum absolute atomic E-state index is 12.6. The Morgan fingerprint density at radius 1 is 1.15 bits per heavy atom. The summed E-state index contributed by atoms with van der Waals surface area (Å²) >= 11 is 0.880. The Hall–Kier alpha value is -3.39. The molecule has 0 radical (unpaired) electrons. The van der Waals surface area contributed by atoms with E-state index in [1.807, 2.05) is 24.3 Å². The monoisotopic (exact) mass is 385 g/mol. The highest BCUT2D eigenvalue weighted by molar-refractivity contribution is 7.20. The molecule has 3 N–H and O–H groups in total. The highest BCUT2D eigenvalue weighted by atomic mass is 32.1. The number of nitrogens with one attached hydrogen (secondary N) is 1. The van der Waals surface area contributed by atoms with Gasteiger partial charge in [0.15, 0.2) is 5.06 Å². The van der Waals surface area contributed by atoms with Crippen molar-refractivity contribution in [3.05, 3.63) is 58.3 Å². The lowest BCUT2D eigenvalue weighted by Gasteiger charge is -2.08. The molecule has 0 saturated heterocycles. The summed E-state index contributed by atoms with van der Waals surface area (Å²) in [4.78, 5) is 35.2. The van der Waals surface area contributed by atoms with Gasteiger partial charge in [0.05, 0.1) is 7.11 Å². The fourth-order valence-electron chi connectivity index (χ4n) is 2.61. The minimum atomic E-state index is -1.25. The number of fused-ring (bicyclic) bond motifs is 1. The summed E-state index contributed by atoms with van der Waals surface area (Å²) in [7, 11) is 1.57. The molecule has 138 valence electrons. The molecule has 3 rings (SSSR count). The first-order chi connectivity index (χ1) is 12.9. The van der Waals surface area contributed by atoms with E-state index in [1.165, 1.54) is 0 Å². The number of rotatable bonds is 5. The topological polar surface area (TPSA) is 113 Å². The van der Waals surface area contributed by atoms with Gasteiger partial charge >= 0.3 is 5.97 Å². The van der Waals surface area contributed by atoms with Crippen LogP contribution in [0.1, 0.15) is 10.4 Å². The van der Waals surface area contributed by atoms with Crippen LogP contribution in [-0.4, -0.2) is 35.7 Å². The molecule has 0 spiro atoms. The van der Waals surface area contributed by atoms with E-state index in [9.17, 15) is 19.5 Å². The molecule has 1 amide bonds. The Morgan fingerprint density at radius 3 is 2.59 bits per heavy atom. The zero-order valence-electron chi connectivity index (χ0n) is 14.2. The Morgan fingerprint density at radius 2 is 1.89 bits per heavy atom. The summed E-state index contributed by atoms with van der Waals surface area (Å²) < 4.78 is 5.72. The molecule has 0 saturated carbocycles. The van der Waals surface area contributed by atoms with Crippen LogP contribution >= 0.6 is 11.3 Å². The normalized spacial score (nSPS) is 10.6. The highest BCUT2D eigenvalue weighted by Gasteiger charge is 2.20. The van der Waals surface area contributed by atoms with Gasteiger partial charge in [-0.1, -0.05) is 29.5 Å². The maximum atomic E-state index is 12.6. The van der Waals surface area contributed by atoms with Crippen LogP contribution in [-0.2, 0) is 4.79 Å². The second kappa shape index (κ2) is 7.46. The molecule has 8 heteroatoms. The number of carbonyl (C=O) groups excluding carboxylic acids is 1. The third-order valence-corrected chi connectivity index (χ3v) is 4.86. The number of carbonyl (C=O) groups is 2. The second-order valence-corrected chi connectivity index (χ2v) is 6.66. The van der Waals surface area contributed by atoms with Gasteiger partial charge < -0.3 is 20.3 Å². The van der Waals surface area contributed by atoms with Crippen LogP contribution < -0.4 is 15.5 Å². The third-order valence-electron chi connectivity index (χ3n) is 3.90. The lowest BCUT2D eigenvalue weighted by molar-refractivity contribution is -0.135. The van der Waals surface area contributed by atoms with Crippen LogP contribution in [0.5, 0.6) is 10.8 Å². The number of amides is 1. The molecule has 27 heavy (non-hydrogen) atoms. The summed E-state index contributed by atoms with van der Waals surface area (Å²) in [6.45, 7) is -0.644. The van der Waals surface area contributed by atoms with Crippen LogP contribution in [0.3, 0.4) is 0 Å². The summed E-state index contributed by atoms with van der Waals surface area (Å²) in [6, 6.07) is 12.5. The number of hydrogen-bond acceptors (Lipinski definition) is 6. The molecular weight excluding hydrogens is 370 g/mol. The van der Waals surface area contributed by atoms with Gasteiger partial charge in [0.25, 0.3) is 5.91 Å². The minimum Gasteiger partial charge on any atom is -0.499 e. The standard InChI is InChI=1S/C19H15NO6S/c1-26-12-4-2-3-10(7-12)11-5-6-13-14(8-11)27-19(25)16(17(13)23)18(24)20-9-15(21)22/h2-8,25H,9H2,1H3,(H,20,24)(H,21,22). The van der Waals surface area contributed by atoms with Crippen molar-refractivity contribution in [2.24, 2.45) is 0 Å². The van der Waals surface area contributed by atoms with E-state index >= 15 is 0 Å². The van der Waals surface area contributed by atoms with Crippen LogP contribution in [0.15, 0.2) is 47.3 Å². The SMILES string of the molecule is COc1cccc(-c2ccc3c(=O)c(C(=O)NCC(=O)O)c(O)sc3c2)c1. The molecule has 0 aliphatic heterocycles. The van der Waals surface area contributed by atoms with E-state index in [0.717, 1.165) is 22.5 Å². The van der Waals surface area contributed by atoms with Gasteiger partial charge in [0.1, 0.15) is 17.9 Å². The van der Waals surface area contributed by atoms with Crippen molar-refractivity contribution in [1.82, 2.24) is 5.32 Å². The van der Waals surface area contributed by atoms with E-state index in [4.69, 9.17) is 9.84 Å². The van der Waals surface area contributed by atoms with Crippen molar-refractivity contribution in [2.45, 2.75) is 0 Å². The number of carboxylic acids is 1. The fourth-order valence-corrected chi connectivity index (χ4v) is 3.56. The first-order valence-electron chi connectivity index (χ1n) is 7.85. The van der Waals surface area contributed by atoms with E-state index in [2.05, 4.69) is 5.32 Å². The van der Waals surface area contributed by atoms with Gasteiger partial charge in [-0.05, 0) is 35.4 Å². The maximum Gasteiger partial charge on any atom is 0.322 e. The fraction of sp³-hybridized carbons (Fsp3) is 0.105. The molecule has 0 bridgehead atoms. The van der Waals surface area contributed by atoms with Crippen LogP contribution in [0.25, 0.3) is 21.2 Å². The largest absolute Gasteiger partial charge is 0.499 e. The van der Waals surface area contributed by atoms with Crippen LogP contribution in [0, 0.1) is 0 Å². The number of benzene rings is 2. The summed E-state index contributed by atoms with van der Waals surface area (Å²) in [5.74, 6) is -1.48. The molecule has 1 heterocycles. The molecular formula is C19H15NO6S. The van der Waals surface area contributed by atoms with Crippen molar-refractivity contribution in [3.8, 4) is 21.9 Å². The lowest BCUT2D eigenvalue weighted by Crippen LogP contribution is -2.32. The van der Waals surface area contributed by atoms with E-state index in [0.29, 0.717) is 10.4 Å². The zero-order chi connectivity index (χ0) is 19.6. The van der Waals surface area contributed by atoms with E-state index in [-0.39, 0.29) is 5.39 Å². The van der Waals surface area contributed by atoms with E-state index < -0.39 is 34.5 Å². The van der Waals surface area contributed by atoms with Gasteiger partial charge in [-0.25, -0.2) is 0 Å². The quantitative estimate of drug-likeness (QED) is 0.622. The minimum absolute atomic E-state index is 0.268. The summed E-state index contributed by atoms with van der Waals surface area (Å²) in [6.07, 6.45) is 0. The Balaban J connectivity index is 2.06. The zero-order valence-corrected chi connectivity index (χ0v) is 15.0. The predicted octanol–water partition coefficient (Wildman–Crippen LogP) is 2.46. The van der Waals surface area contributed by atoms with Crippen molar-refractivity contribution < 1.29 is 24.5 Å². The Bertz CT molecular complexity index is 1110. The smallest absolute Gasteiger partial charge is 0.322 e. The second-order valence-electron chi connectivity index (χ2n) is 5.63. The predicted molar refractivity (Wildman–Crippen MR) is 102 cm³/mol. The first-order valence-corrected chi connectivity index (χ1v) is 8.66. The van der Waals surface area contributed by atoms with Gasteiger partial charge in [-0.3, -0.25) is 14.4 Å². The van der Waals surface area contributed by atoms with Gasteiger partial charge in [-0.2, -0.15) is 0 Å². The van der Waals surface area contributed by atoms with Gasteiger partial charge in [0, 0.05) is 10.1 Å². The van der Waals surface area contributed by atoms with Crippen molar-refractivity contribution in [1.29, 1.82) is 0 Å². The molecule has 7 nitrogen and oxygen atoms in total. The van der Waals surface area contributed by atoms with Crippen molar-refractivity contribution in [3.63, 3.8) is 0 Å². The van der Waals surface area contributed by atoms with Crippen LogP contribution in [0.2, 0.25) is 0 Å². The number of carboxylic acid groups (broad SMARTS) is 1. The summed E-state index contributed by atoms with van der Waals surface area (Å²) in [5.41, 5.74) is 0.586. The molecule has 2 aromatic carbocycles. The molecule has 0 atom stereocenters. The number of methoxy groups -OCH3 is 1. The summed E-state index contributed by atoms with van der Waals surface area (Å²) in [5, 5.41) is 20.7. The van der Waals surface area contributed by atoms with Gasteiger partial charge in [-0.15, -0.1) is 0 Å². The molecule has 0 unspecified atom stereocenters. The number of ether oxygens (including phenoxy) is 1. The van der Waals surface area contributed by atoms with Crippen LogP contribution in [0.4, 0.5) is 0 Å². The molecule has 0 aliphatic carbocycles. The Kier molecular flexibility index (Phi) is 5.09. The van der Waals surface area contributed by atoms with E-state index in [1.54, 1.807) is 25.3 Å². The lowest BCUT2D eigenvalue weighted by atomic mass is 10.0. The Labute approximate surface area is 157 Å². The third kappa shape index (κ3) is 3.75. The number of aliphatic carboxylic acids is 1. The average Bonchev–Trinajstić information content (AvgIpc) is 2.66. The molecule has 0 fully saturated rings. The first kappa shape index (κ1) is 18.4. The molecule has 1 aromatic heterocycles. The van der Waals surface area contributed by atoms with Gasteiger partial charge in [0.2, 0.25) is 5.43 Å². The van der Waals surface area contributed by atoms with Crippen molar-refractivity contribution >= 4 is 33.3 Å². The molecule has 0 aliphatic rings. The number of hydrogen-bond donors (Lipinski definition) is 3. The van der Waals surface area contributed by atoms with Crippen molar-refractivity contribution in [2.75, 3.05) is 13.7 Å². The number of aromatic hydroxyl groups is 1.